The van der Waals surface area contributed by atoms with Crippen LogP contribution in [0.2, 0.25) is 0 Å². The normalized spacial score (nSPS) is 14.0. The van der Waals surface area contributed by atoms with Crippen molar-refractivity contribution >= 4 is 47.3 Å². The summed E-state index contributed by atoms with van der Waals surface area (Å²) in [6.07, 6.45) is -1.61. The number of carboxylic acid groups (broad SMARTS) is 1. The summed E-state index contributed by atoms with van der Waals surface area (Å²) in [5, 5.41) is 29.1. The predicted molar refractivity (Wildman–Crippen MR) is 147 cm³/mol. The van der Waals surface area contributed by atoms with Crippen LogP contribution in [0.5, 0.6) is 0 Å². The lowest BCUT2D eigenvalue weighted by Crippen LogP contribution is -2.59. The number of nitrogens with one attached hydrogen (secondary N) is 5. The molecule has 0 saturated carbocycles. The van der Waals surface area contributed by atoms with Gasteiger partial charge in [0.25, 0.3) is 0 Å². The topological polar surface area (TPSA) is 315 Å². The number of aliphatic carboxylic acids is 1. The Morgan fingerprint density at radius 3 is 1.70 bits per heavy atom. The van der Waals surface area contributed by atoms with Crippen LogP contribution >= 0.6 is 0 Å². The van der Waals surface area contributed by atoms with Crippen LogP contribution in [0.15, 0.2) is 30.3 Å². The van der Waals surface area contributed by atoms with Crippen molar-refractivity contribution in [1.29, 1.82) is 0 Å². The maximum Gasteiger partial charge on any atom is 0.325 e. The third-order valence-electron chi connectivity index (χ3n) is 5.70. The van der Waals surface area contributed by atoms with E-state index >= 15 is 0 Å². The molecule has 0 radical (unpaired) electrons. The highest BCUT2D eigenvalue weighted by atomic mass is 16.4. The molecule has 18 heteroatoms. The number of benzene rings is 1. The van der Waals surface area contributed by atoms with Gasteiger partial charge in [-0.15, -0.1) is 0 Å². The minimum Gasteiger partial charge on any atom is -0.480 e. The molecule has 1 aromatic rings. The Kier molecular flexibility index (Phi) is 14.8. The first-order valence-electron chi connectivity index (χ1n) is 12.8. The van der Waals surface area contributed by atoms with E-state index in [0.29, 0.717) is 5.56 Å². The average molecular weight is 609 g/mol. The van der Waals surface area contributed by atoms with E-state index < -0.39 is 104 Å². The number of aliphatic hydroxyl groups is 1. The van der Waals surface area contributed by atoms with Crippen LogP contribution in [0.4, 0.5) is 0 Å². The fourth-order valence-corrected chi connectivity index (χ4v) is 3.43. The first-order chi connectivity index (χ1) is 20.1. The van der Waals surface area contributed by atoms with Gasteiger partial charge in [-0.25, -0.2) is 0 Å². The highest BCUT2D eigenvalue weighted by Crippen LogP contribution is 2.06. The van der Waals surface area contributed by atoms with Gasteiger partial charge in [-0.2, -0.15) is 0 Å². The van der Waals surface area contributed by atoms with E-state index in [2.05, 4.69) is 26.6 Å². The van der Waals surface area contributed by atoms with E-state index in [1.807, 2.05) is 0 Å². The highest BCUT2D eigenvalue weighted by Gasteiger charge is 2.32. The monoisotopic (exact) mass is 608 g/mol. The SMILES string of the molecule is C[C@H](NC(=O)CNC(=O)[C@H](Cc1ccccc1)NC(=O)[C@H](CC(N)=O)NC(=O)[C@H](CC(N)=O)NC(=O)[C@@H](N)CO)C(=O)O. The molecular formula is C25H36N8O10. The number of hydrogen-bond donors (Lipinski definition) is 10. The maximum atomic E-state index is 13.2. The number of amides is 7. The van der Waals surface area contributed by atoms with E-state index in [0.717, 1.165) is 0 Å². The Balaban J connectivity index is 3.14. The van der Waals surface area contributed by atoms with Gasteiger partial charge < -0.3 is 54.0 Å². The predicted octanol–water partition coefficient (Wildman–Crippen LogP) is -5.54. The Morgan fingerprint density at radius 2 is 1.23 bits per heavy atom. The third-order valence-corrected chi connectivity index (χ3v) is 5.70. The number of hydrogen-bond acceptors (Lipinski definition) is 10. The molecule has 1 aromatic carbocycles. The number of aliphatic hydroxyl groups excluding tert-OH is 1. The number of nitrogens with two attached hydrogens (primary N) is 3. The Morgan fingerprint density at radius 1 is 0.744 bits per heavy atom. The lowest BCUT2D eigenvalue weighted by atomic mass is 10.0. The van der Waals surface area contributed by atoms with Crippen LogP contribution in [0.25, 0.3) is 0 Å². The van der Waals surface area contributed by atoms with Crippen LogP contribution in [0, 0.1) is 0 Å². The summed E-state index contributed by atoms with van der Waals surface area (Å²) >= 11 is 0. The number of rotatable bonds is 18. The summed E-state index contributed by atoms with van der Waals surface area (Å²) in [5.74, 6) is -8.25. The van der Waals surface area contributed by atoms with Crippen molar-refractivity contribution in [3.05, 3.63) is 35.9 Å². The van der Waals surface area contributed by atoms with Crippen LogP contribution in [-0.4, -0.2) is 101 Å². The van der Waals surface area contributed by atoms with Gasteiger partial charge in [0.1, 0.15) is 30.2 Å². The van der Waals surface area contributed by atoms with Crippen LogP contribution in [0.1, 0.15) is 25.3 Å². The van der Waals surface area contributed by atoms with Gasteiger partial charge in [-0.05, 0) is 12.5 Å². The number of carbonyl (C=O) groups excluding carboxylic acids is 7. The molecule has 13 N–H and O–H groups in total. The molecule has 18 nitrogen and oxygen atoms in total. The highest BCUT2D eigenvalue weighted by molar-refractivity contribution is 5.98. The van der Waals surface area contributed by atoms with Gasteiger partial charge in [0.2, 0.25) is 41.4 Å². The molecule has 0 aliphatic heterocycles. The smallest absolute Gasteiger partial charge is 0.325 e. The summed E-state index contributed by atoms with van der Waals surface area (Å²) in [6, 6.07) is 0.931. The fraction of sp³-hybridized carbons (Fsp3) is 0.440. The molecular weight excluding hydrogens is 572 g/mol. The second-order valence-corrected chi connectivity index (χ2v) is 9.35. The van der Waals surface area contributed by atoms with Crippen molar-refractivity contribution in [2.24, 2.45) is 17.2 Å². The summed E-state index contributed by atoms with van der Waals surface area (Å²) in [6.45, 7) is -0.202. The zero-order valence-electron chi connectivity index (χ0n) is 23.2. The molecule has 236 valence electrons. The first kappa shape index (κ1) is 35.9. The van der Waals surface area contributed by atoms with Crippen LogP contribution in [-0.2, 0) is 44.8 Å². The van der Waals surface area contributed by atoms with Crippen molar-refractivity contribution in [1.82, 2.24) is 26.6 Å². The molecule has 43 heavy (non-hydrogen) atoms. The van der Waals surface area contributed by atoms with Gasteiger partial charge in [-0.1, -0.05) is 30.3 Å². The van der Waals surface area contributed by atoms with Crippen molar-refractivity contribution < 1.29 is 48.6 Å². The van der Waals surface area contributed by atoms with E-state index in [1.54, 1.807) is 30.3 Å². The standard InChI is InChI=1S/C25H36N8O10/c1-12(25(42)43)30-20(37)10-29-22(39)15(7-13-5-3-2-4-6-13)32-24(41)17(9-19(28)36)33-23(40)16(8-18(27)35)31-21(38)14(26)11-34/h2-6,12,14-17,34H,7-11,26H2,1H3,(H2,27,35)(H2,28,36)(H,29,39)(H,30,37)(H,31,38)(H,32,41)(H,33,40)(H,42,43)/t12-,14-,15-,16-,17-/m0/s1. The lowest BCUT2D eigenvalue weighted by Gasteiger charge is -2.25. The van der Waals surface area contributed by atoms with E-state index in [1.165, 1.54) is 6.92 Å². The molecule has 7 amide bonds. The van der Waals surface area contributed by atoms with Crippen molar-refractivity contribution in [3.8, 4) is 0 Å². The minimum atomic E-state index is -1.70. The Hall–Kier alpha value is -5.10. The van der Waals surface area contributed by atoms with Gasteiger partial charge >= 0.3 is 5.97 Å². The second-order valence-electron chi connectivity index (χ2n) is 9.35. The molecule has 0 fully saturated rings. The van der Waals surface area contributed by atoms with Gasteiger partial charge in [0, 0.05) is 6.42 Å². The van der Waals surface area contributed by atoms with Crippen LogP contribution in [0.3, 0.4) is 0 Å². The van der Waals surface area contributed by atoms with Crippen molar-refractivity contribution in [2.45, 2.75) is 56.4 Å². The Labute approximate surface area is 245 Å². The quantitative estimate of drug-likeness (QED) is 0.0749. The molecule has 0 aliphatic rings. The number of carbonyl (C=O) groups is 8. The summed E-state index contributed by atoms with van der Waals surface area (Å²) in [4.78, 5) is 97.4. The summed E-state index contributed by atoms with van der Waals surface area (Å²) in [7, 11) is 0. The lowest BCUT2D eigenvalue weighted by molar-refractivity contribution is -0.141. The van der Waals surface area contributed by atoms with E-state index in [9.17, 15) is 38.4 Å². The summed E-state index contributed by atoms with van der Waals surface area (Å²) in [5.41, 5.74) is 16.4. The van der Waals surface area contributed by atoms with Crippen molar-refractivity contribution in [2.75, 3.05) is 13.2 Å². The average Bonchev–Trinajstić information content (AvgIpc) is 2.94. The largest absolute Gasteiger partial charge is 0.480 e. The fourth-order valence-electron chi connectivity index (χ4n) is 3.43. The minimum absolute atomic E-state index is 0.109. The zero-order chi connectivity index (χ0) is 32.7. The van der Waals surface area contributed by atoms with Crippen LogP contribution < -0.4 is 43.8 Å². The van der Waals surface area contributed by atoms with E-state index in [4.69, 9.17) is 27.4 Å². The molecule has 0 spiro atoms. The molecule has 0 heterocycles. The molecule has 0 unspecified atom stereocenters. The van der Waals surface area contributed by atoms with Gasteiger partial charge in [0.15, 0.2) is 0 Å². The molecule has 5 atom stereocenters. The zero-order valence-corrected chi connectivity index (χ0v) is 23.2. The molecule has 0 bridgehead atoms. The Bertz CT molecular complexity index is 1200. The van der Waals surface area contributed by atoms with E-state index in [-0.39, 0.29) is 6.42 Å². The second kappa shape index (κ2) is 17.7. The number of carboxylic acids is 1. The molecule has 0 aromatic heterocycles. The number of primary amides is 2. The van der Waals surface area contributed by atoms with Gasteiger partial charge in [0.05, 0.1) is 26.0 Å². The third kappa shape index (κ3) is 13.4. The molecule has 0 aliphatic carbocycles. The molecule has 1 rings (SSSR count). The molecule has 0 saturated heterocycles. The van der Waals surface area contributed by atoms with Gasteiger partial charge in [-0.3, -0.25) is 38.4 Å². The van der Waals surface area contributed by atoms with Crippen molar-refractivity contribution in [3.63, 3.8) is 0 Å². The maximum absolute atomic E-state index is 13.2. The first-order valence-corrected chi connectivity index (χ1v) is 12.8. The summed E-state index contributed by atoms with van der Waals surface area (Å²) < 4.78 is 0.